The van der Waals surface area contributed by atoms with E-state index in [1.54, 1.807) is 17.3 Å². The molecule has 1 aromatic carbocycles. The van der Waals surface area contributed by atoms with Crippen molar-refractivity contribution in [1.82, 2.24) is 4.98 Å². The maximum atomic E-state index is 12.7. The highest BCUT2D eigenvalue weighted by molar-refractivity contribution is 6.07. The first-order valence-electron chi connectivity index (χ1n) is 6.77. The van der Waals surface area contributed by atoms with E-state index in [1.165, 1.54) is 0 Å². The molecule has 0 atom stereocenters. The molecule has 0 fully saturated rings. The molecule has 0 aliphatic carbocycles. The highest BCUT2D eigenvalue weighted by Crippen LogP contribution is 2.18. The van der Waals surface area contributed by atoms with Crippen LogP contribution in [0.25, 0.3) is 0 Å². The summed E-state index contributed by atoms with van der Waals surface area (Å²) in [4.78, 5) is 18.5. The molecule has 2 aromatic rings. The molecule has 1 heterocycles. The van der Waals surface area contributed by atoms with Gasteiger partial charge >= 0.3 is 0 Å². The first-order valence-corrected chi connectivity index (χ1v) is 6.77. The van der Waals surface area contributed by atoms with Crippen LogP contribution in [0.3, 0.4) is 0 Å². The summed E-state index contributed by atoms with van der Waals surface area (Å²) in [5.74, 6) is 0.00255. The number of benzene rings is 1. The zero-order chi connectivity index (χ0) is 14.4. The molecule has 0 saturated heterocycles. The molecule has 1 amide bonds. The standard InChI is InChI=1S/C16H19N3O/c1-2-19(14-8-11-18-12-9-14)16(20)15-6-4-3-5-13(15)7-10-17/h3-6,8-9,11-12H,2,7,10,17H2,1H3. The first-order chi connectivity index (χ1) is 9.77. The fraction of sp³-hybridized carbons (Fsp3) is 0.250. The predicted molar refractivity (Wildman–Crippen MR) is 80.8 cm³/mol. The van der Waals surface area contributed by atoms with E-state index in [2.05, 4.69) is 4.98 Å². The van der Waals surface area contributed by atoms with Gasteiger partial charge in [-0.05, 0) is 43.7 Å². The van der Waals surface area contributed by atoms with Crippen molar-refractivity contribution in [1.29, 1.82) is 0 Å². The molecule has 0 saturated carbocycles. The summed E-state index contributed by atoms with van der Waals surface area (Å²) < 4.78 is 0. The molecule has 4 nitrogen and oxygen atoms in total. The van der Waals surface area contributed by atoms with Crippen LogP contribution in [0.4, 0.5) is 5.69 Å². The van der Waals surface area contributed by atoms with Crippen LogP contribution in [0, 0.1) is 0 Å². The number of amides is 1. The van der Waals surface area contributed by atoms with Gasteiger partial charge in [0.25, 0.3) is 5.91 Å². The van der Waals surface area contributed by atoms with Gasteiger partial charge in [0.2, 0.25) is 0 Å². The van der Waals surface area contributed by atoms with E-state index in [-0.39, 0.29) is 5.91 Å². The van der Waals surface area contributed by atoms with Crippen LogP contribution in [0.1, 0.15) is 22.8 Å². The van der Waals surface area contributed by atoms with Crippen molar-refractivity contribution < 1.29 is 4.79 Å². The molecule has 0 unspecified atom stereocenters. The molecule has 4 heteroatoms. The van der Waals surface area contributed by atoms with Gasteiger partial charge in [0, 0.05) is 30.2 Å². The Balaban J connectivity index is 2.34. The highest BCUT2D eigenvalue weighted by atomic mass is 16.2. The lowest BCUT2D eigenvalue weighted by molar-refractivity contribution is 0.0987. The molecular weight excluding hydrogens is 250 g/mol. The van der Waals surface area contributed by atoms with Crippen molar-refractivity contribution >= 4 is 11.6 Å². The van der Waals surface area contributed by atoms with E-state index in [0.717, 1.165) is 16.8 Å². The van der Waals surface area contributed by atoms with Gasteiger partial charge in [-0.2, -0.15) is 0 Å². The minimum atomic E-state index is 0.00255. The lowest BCUT2D eigenvalue weighted by Gasteiger charge is -2.22. The second kappa shape index (κ2) is 6.82. The van der Waals surface area contributed by atoms with Crippen LogP contribution in [0.5, 0.6) is 0 Å². The average molecular weight is 269 g/mol. The van der Waals surface area contributed by atoms with Crippen LogP contribution >= 0.6 is 0 Å². The van der Waals surface area contributed by atoms with E-state index in [0.29, 0.717) is 19.5 Å². The Bertz CT molecular complexity index is 569. The van der Waals surface area contributed by atoms with Crippen LogP contribution in [-0.4, -0.2) is 24.0 Å². The van der Waals surface area contributed by atoms with Crippen molar-refractivity contribution in [3.63, 3.8) is 0 Å². The smallest absolute Gasteiger partial charge is 0.258 e. The van der Waals surface area contributed by atoms with Gasteiger partial charge in [-0.3, -0.25) is 9.78 Å². The Morgan fingerprint density at radius 2 is 1.90 bits per heavy atom. The SMILES string of the molecule is CCN(C(=O)c1ccccc1CCN)c1ccncc1. The van der Waals surface area contributed by atoms with Crippen molar-refractivity contribution in [2.24, 2.45) is 5.73 Å². The number of anilines is 1. The number of pyridine rings is 1. The molecule has 2 N–H and O–H groups in total. The second-order valence-corrected chi connectivity index (χ2v) is 4.45. The largest absolute Gasteiger partial charge is 0.330 e. The quantitative estimate of drug-likeness (QED) is 0.905. The summed E-state index contributed by atoms with van der Waals surface area (Å²) >= 11 is 0. The number of nitrogens with zero attached hydrogens (tertiary/aromatic N) is 2. The fourth-order valence-electron chi connectivity index (χ4n) is 2.22. The minimum absolute atomic E-state index is 0.00255. The van der Waals surface area contributed by atoms with Crippen molar-refractivity contribution in [3.05, 3.63) is 59.9 Å². The zero-order valence-corrected chi connectivity index (χ0v) is 11.6. The number of aromatic nitrogens is 1. The van der Waals surface area contributed by atoms with Crippen molar-refractivity contribution in [3.8, 4) is 0 Å². The van der Waals surface area contributed by atoms with E-state index >= 15 is 0 Å². The van der Waals surface area contributed by atoms with E-state index in [4.69, 9.17) is 5.73 Å². The molecule has 0 aliphatic heterocycles. The molecular formula is C16H19N3O. The summed E-state index contributed by atoms with van der Waals surface area (Å²) in [5, 5.41) is 0. The molecule has 104 valence electrons. The molecule has 0 radical (unpaired) electrons. The van der Waals surface area contributed by atoms with Crippen molar-refractivity contribution in [2.75, 3.05) is 18.0 Å². The third kappa shape index (κ3) is 3.03. The summed E-state index contributed by atoms with van der Waals surface area (Å²) in [5.41, 5.74) is 8.18. The first kappa shape index (κ1) is 14.2. The fourth-order valence-corrected chi connectivity index (χ4v) is 2.22. The minimum Gasteiger partial charge on any atom is -0.330 e. The van der Waals surface area contributed by atoms with Gasteiger partial charge in [0.05, 0.1) is 0 Å². The van der Waals surface area contributed by atoms with Gasteiger partial charge in [0.15, 0.2) is 0 Å². The Kier molecular flexibility index (Phi) is 4.85. The molecule has 2 rings (SSSR count). The Morgan fingerprint density at radius 3 is 2.55 bits per heavy atom. The predicted octanol–water partition coefficient (Wildman–Crippen LogP) is 2.25. The highest BCUT2D eigenvalue weighted by Gasteiger charge is 2.18. The number of nitrogens with two attached hydrogens (primary N) is 1. The van der Waals surface area contributed by atoms with Gasteiger partial charge < -0.3 is 10.6 Å². The Hall–Kier alpha value is -2.20. The maximum absolute atomic E-state index is 12.7. The Morgan fingerprint density at radius 1 is 1.20 bits per heavy atom. The summed E-state index contributed by atoms with van der Waals surface area (Å²) in [6, 6.07) is 11.3. The number of hydrogen-bond donors (Lipinski definition) is 1. The van der Waals surface area contributed by atoms with E-state index in [9.17, 15) is 4.79 Å². The van der Waals surface area contributed by atoms with E-state index in [1.807, 2.05) is 43.3 Å². The lowest BCUT2D eigenvalue weighted by Crippen LogP contribution is -2.31. The molecule has 1 aromatic heterocycles. The van der Waals surface area contributed by atoms with Gasteiger partial charge in [0.1, 0.15) is 0 Å². The second-order valence-electron chi connectivity index (χ2n) is 4.45. The molecule has 0 spiro atoms. The molecule has 20 heavy (non-hydrogen) atoms. The van der Waals surface area contributed by atoms with Gasteiger partial charge in [-0.15, -0.1) is 0 Å². The van der Waals surface area contributed by atoms with E-state index < -0.39 is 0 Å². The Labute approximate surface area is 119 Å². The number of carbonyl (C=O) groups is 1. The molecule has 0 bridgehead atoms. The molecule has 0 aliphatic rings. The third-order valence-corrected chi connectivity index (χ3v) is 3.20. The van der Waals surface area contributed by atoms with Crippen LogP contribution in [0.2, 0.25) is 0 Å². The summed E-state index contributed by atoms with van der Waals surface area (Å²) in [6.45, 7) is 3.11. The maximum Gasteiger partial charge on any atom is 0.258 e. The summed E-state index contributed by atoms with van der Waals surface area (Å²) in [7, 11) is 0. The van der Waals surface area contributed by atoms with Crippen LogP contribution in [-0.2, 0) is 6.42 Å². The zero-order valence-electron chi connectivity index (χ0n) is 11.6. The number of rotatable bonds is 5. The van der Waals surface area contributed by atoms with Crippen molar-refractivity contribution in [2.45, 2.75) is 13.3 Å². The summed E-state index contributed by atoms with van der Waals surface area (Å²) in [6.07, 6.45) is 4.09. The normalized spacial score (nSPS) is 10.3. The van der Waals surface area contributed by atoms with Crippen LogP contribution in [0.15, 0.2) is 48.8 Å². The topological polar surface area (TPSA) is 59.2 Å². The third-order valence-electron chi connectivity index (χ3n) is 3.20. The monoisotopic (exact) mass is 269 g/mol. The van der Waals surface area contributed by atoms with Crippen LogP contribution < -0.4 is 10.6 Å². The van der Waals surface area contributed by atoms with Gasteiger partial charge in [-0.1, -0.05) is 18.2 Å². The number of carbonyl (C=O) groups excluding carboxylic acids is 1. The van der Waals surface area contributed by atoms with Gasteiger partial charge in [-0.25, -0.2) is 0 Å². The number of hydrogen-bond acceptors (Lipinski definition) is 3. The lowest BCUT2D eigenvalue weighted by atomic mass is 10.0. The average Bonchev–Trinajstić information content (AvgIpc) is 2.50.